The van der Waals surface area contributed by atoms with Gasteiger partial charge in [-0.2, -0.15) is 0 Å². The molecular weight excluding hydrogens is 338 g/mol. The fraction of sp³-hybridized carbons (Fsp3) is 0.471. The van der Waals surface area contributed by atoms with Gasteiger partial charge in [-0.1, -0.05) is 0 Å². The lowest BCUT2D eigenvalue weighted by Crippen LogP contribution is -2.35. The average Bonchev–Trinajstić information content (AvgIpc) is 3.08. The van der Waals surface area contributed by atoms with E-state index in [9.17, 15) is 4.79 Å². The Hall–Kier alpha value is -2.03. The monoisotopic (exact) mass is 361 g/mol. The summed E-state index contributed by atoms with van der Waals surface area (Å²) in [5.74, 6) is 0.522. The normalized spacial score (nSPS) is 15.1. The van der Waals surface area contributed by atoms with Gasteiger partial charge in [-0.25, -0.2) is 9.97 Å². The van der Waals surface area contributed by atoms with E-state index in [1.54, 1.807) is 29.7 Å². The molecule has 2 aromatic heterocycles. The molecule has 0 spiro atoms. The van der Waals surface area contributed by atoms with Crippen LogP contribution < -0.4 is 10.2 Å². The number of carbonyl (C=O) groups excluding carboxylic acids is 1. The van der Waals surface area contributed by atoms with E-state index in [1.165, 1.54) is 0 Å². The molecule has 1 amide bonds. The number of hydrogen-bond acceptors (Lipinski definition) is 7. The summed E-state index contributed by atoms with van der Waals surface area (Å²) in [5, 5.41) is 5.91. The number of ether oxygens (including phenoxy) is 1. The summed E-state index contributed by atoms with van der Waals surface area (Å²) in [4.78, 5) is 25.5. The van der Waals surface area contributed by atoms with Crippen molar-refractivity contribution in [1.82, 2.24) is 20.2 Å². The zero-order valence-corrected chi connectivity index (χ0v) is 15.4. The number of morpholine rings is 1. The Morgan fingerprint density at radius 1 is 1.40 bits per heavy atom. The quantitative estimate of drug-likeness (QED) is 0.838. The van der Waals surface area contributed by atoms with Gasteiger partial charge in [-0.05, 0) is 12.1 Å². The van der Waals surface area contributed by atoms with Crippen LogP contribution in [0.5, 0.6) is 0 Å². The molecule has 0 bridgehead atoms. The maximum atomic E-state index is 12.4. The Labute approximate surface area is 151 Å². The number of rotatable bonds is 6. The zero-order chi connectivity index (χ0) is 17.6. The van der Waals surface area contributed by atoms with Crippen molar-refractivity contribution in [3.63, 3.8) is 0 Å². The molecule has 0 aliphatic carbocycles. The number of carbonyl (C=O) groups is 1. The fourth-order valence-electron chi connectivity index (χ4n) is 2.67. The molecule has 3 rings (SSSR count). The smallest absolute Gasteiger partial charge is 0.255 e. The van der Waals surface area contributed by atoms with Crippen LogP contribution in [-0.4, -0.2) is 61.2 Å². The van der Waals surface area contributed by atoms with Gasteiger partial charge >= 0.3 is 0 Å². The molecule has 0 aromatic carbocycles. The lowest BCUT2D eigenvalue weighted by molar-refractivity contribution is 0.0337. The Morgan fingerprint density at radius 3 is 2.96 bits per heavy atom. The molecule has 0 atom stereocenters. The van der Waals surface area contributed by atoms with Crippen LogP contribution in [0.2, 0.25) is 0 Å². The van der Waals surface area contributed by atoms with E-state index >= 15 is 0 Å². The molecule has 3 heterocycles. The first-order valence-electron chi connectivity index (χ1n) is 8.27. The van der Waals surface area contributed by atoms with Gasteiger partial charge in [0, 0.05) is 45.3 Å². The summed E-state index contributed by atoms with van der Waals surface area (Å²) in [6.45, 7) is 4.71. The van der Waals surface area contributed by atoms with Gasteiger partial charge < -0.3 is 15.0 Å². The summed E-state index contributed by atoms with van der Waals surface area (Å²) in [6.07, 6.45) is 1.69. The van der Waals surface area contributed by atoms with E-state index in [4.69, 9.17) is 4.74 Å². The van der Waals surface area contributed by atoms with Crippen molar-refractivity contribution in [3.8, 4) is 0 Å². The second-order valence-electron chi connectivity index (χ2n) is 6.07. The zero-order valence-electron chi connectivity index (χ0n) is 14.6. The van der Waals surface area contributed by atoms with E-state index < -0.39 is 0 Å². The van der Waals surface area contributed by atoms with E-state index in [0.717, 1.165) is 43.5 Å². The molecule has 1 aliphatic rings. The van der Waals surface area contributed by atoms with Crippen molar-refractivity contribution in [1.29, 1.82) is 0 Å². The third-order valence-electron chi connectivity index (χ3n) is 3.94. The molecule has 1 saturated heterocycles. The first kappa shape index (κ1) is 17.8. The largest absolute Gasteiger partial charge is 0.379 e. The number of anilines is 1. The summed E-state index contributed by atoms with van der Waals surface area (Å²) in [7, 11) is 3.75. The van der Waals surface area contributed by atoms with Crippen LogP contribution in [0.1, 0.15) is 21.1 Å². The first-order chi connectivity index (χ1) is 12.1. The van der Waals surface area contributed by atoms with E-state index in [0.29, 0.717) is 17.9 Å². The van der Waals surface area contributed by atoms with Gasteiger partial charge in [-0.15, -0.1) is 11.3 Å². The molecule has 0 radical (unpaired) electrons. The van der Waals surface area contributed by atoms with Crippen molar-refractivity contribution < 1.29 is 9.53 Å². The number of nitrogens with zero attached hydrogens (tertiary/aromatic N) is 4. The maximum Gasteiger partial charge on any atom is 0.255 e. The number of pyridine rings is 1. The topological polar surface area (TPSA) is 70.6 Å². The third-order valence-corrected chi connectivity index (χ3v) is 4.84. The van der Waals surface area contributed by atoms with Gasteiger partial charge in [0.2, 0.25) is 0 Å². The van der Waals surface area contributed by atoms with Crippen LogP contribution in [0.15, 0.2) is 23.7 Å². The molecule has 7 nitrogen and oxygen atoms in total. The maximum absolute atomic E-state index is 12.4. The van der Waals surface area contributed by atoms with E-state index in [2.05, 4.69) is 25.6 Å². The van der Waals surface area contributed by atoms with Crippen molar-refractivity contribution in [2.75, 3.05) is 45.3 Å². The van der Waals surface area contributed by atoms with Gasteiger partial charge in [0.1, 0.15) is 10.8 Å². The van der Waals surface area contributed by atoms with Gasteiger partial charge in [0.15, 0.2) is 0 Å². The lowest BCUT2D eigenvalue weighted by Gasteiger charge is -2.25. The fourth-order valence-corrected chi connectivity index (χ4v) is 3.40. The Morgan fingerprint density at radius 2 is 2.20 bits per heavy atom. The number of amides is 1. The number of aromatic nitrogens is 2. The number of nitrogens with one attached hydrogen (secondary N) is 1. The van der Waals surface area contributed by atoms with Gasteiger partial charge in [-0.3, -0.25) is 9.69 Å². The van der Waals surface area contributed by atoms with Crippen molar-refractivity contribution in [3.05, 3.63) is 40.0 Å². The Bertz CT molecular complexity index is 713. The number of thiazole rings is 1. The third kappa shape index (κ3) is 4.75. The molecule has 134 valence electrons. The van der Waals surface area contributed by atoms with Crippen LogP contribution in [0.3, 0.4) is 0 Å². The van der Waals surface area contributed by atoms with E-state index in [-0.39, 0.29) is 5.91 Å². The minimum absolute atomic E-state index is 0.137. The summed E-state index contributed by atoms with van der Waals surface area (Å²) in [5.41, 5.74) is 1.61. The molecule has 25 heavy (non-hydrogen) atoms. The summed E-state index contributed by atoms with van der Waals surface area (Å²) in [6, 6.07) is 3.55. The highest BCUT2D eigenvalue weighted by molar-refractivity contribution is 7.09. The number of hydrogen-bond donors (Lipinski definition) is 1. The highest BCUT2D eigenvalue weighted by Crippen LogP contribution is 2.16. The summed E-state index contributed by atoms with van der Waals surface area (Å²) < 4.78 is 5.36. The molecule has 2 aromatic rings. The molecule has 8 heteroatoms. The van der Waals surface area contributed by atoms with Crippen molar-refractivity contribution >= 4 is 23.1 Å². The van der Waals surface area contributed by atoms with Crippen LogP contribution in [0.4, 0.5) is 5.82 Å². The van der Waals surface area contributed by atoms with Gasteiger partial charge in [0.05, 0.1) is 31.0 Å². The minimum Gasteiger partial charge on any atom is -0.379 e. The Kier molecular flexibility index (Phi) is 5.95. The SMILES string of the molecule is CN(C)c1ncccc1C(=O)NCc1nc(CN2CCOCC2)cs1. The molecular formula is C17H23N5O2S. The van der Waals surface area contributed by atoms with E-state index in [1.807, 2.05) is 19.0 Å². The molecule has 1 aliphatic heterocycles. The predicted octanol–water partition coefficient (Wildman–Crippen LogP) is 1.37. The second kappa shape index (κ2) is 8.37. The molecule has 1 N–H and O–H groups in total. The van der Waals surface area contributed by atoms with Crippen LogP contribution >= 0.6 is 11.3 Å². The second-order valence-corrected chi connectivity index (χ2v) is 7.02. The molecule has 0 saturated carbocycles. The van der Waals surface area contributed by atoms with Crippen LogP contribution in [0.25, 0.3) is 0 Å². The van der Waals surface area contributed by atoms with Crippen molar-refractivity contribution in [2.45, 2.75) is 13.1 Å². The van der Waals surface area contributed by atoms with Gasteiger partial charge in [0.25, 0.3) is 5.91 Å². The predicted molar refractivity (Wildman–Crippen MR) is 97.9 cm³/mol. The lowest BCUT2D eigenvalue weighted by atomic mass is 10.2. The molecule has 0 unspecified atom stereocenters. The summed E-state index contributed by atoms with van der Waals surface area (Å²) >= 11 is 1.58. The van der Waals surface area contributed by atoms with Crippen LogP contribution in [-0.2, 0) is 17.8 Å². The van der Waals surface area contributed by atoms with Crippen LogP contribution in [0, 0.1) is 0 Å². The first-order valence-corrected chi connectivity index (χ1v) is 9.15. The standard InChI is InChI=1S/C17H23N5O2S/c1-21(2)16-14(4-3-5-18-16)17(23)19-10-15-20-13(12-25-15)11-22-6-8-24-9-7-22/h3-5,12H,6-11H2,1-2H3,(H,19,23). The van der Waals surface area contributed by atoms with Crippen molar-refractivity contribution in [2.24, 2.45) is 0 Å². The highest BCUT2D eigenvalue weighted by atomic mass is 32.1. The minimum atomic E-state index is -0.137. The molecule has 1 fully saturated rings. The highest BCUT2D eigenvalue weighted by Gasteiger charge is 2.15. The Balaban J connectivity index is 1.56. The average molecular weight is 361 g/mol.